The van der Waals surface area contributed by atoms with Gasteiger partial charge in [0.2, 0.25) is 0 Å². The summed E-state index contributed by atoms with van der Waals surface area (Å²) in [6.45, 7) is 13.3. The van der Waals surface area contributed by atoms with Crippen LogP contribution in [0.1, 0.15) is 112 Å². The molecule has 0 aliphatic heterocycles. The van der Waals surface area contributed by atoms with Crippen molar-refractivity contribution in [1.29, 1.82) is 0 Å². The Morgan fingerprint density at radius 3 is 2.32 bits per heavy atom. The Bertz CT molecular complexity index is 587. The van der Waals surface area contributed by atoms with Gasteiger partial charge in [-0.3, -0.25) is 0 Å². The highest BCUT2D eigenvalue weighted by Crippen LogP contribution is 2.68. The van der Waals surface area contributed by atoms with Gasteiger partial charge in [-0.25, -0.2) is 0 Å². The molecule has 0 amide bonds. The third kappa shape index (κ3) is 4.51. The molecule has 9 atom stereocenters. The van der Waals surface area contributed by atoms with E-state index in [-0.39, 0.29) is 0 Å². The summed E-state index contributed by atoms with van der Waals surface area (Å²) in [4.78, 5) is 0. The lowest BCUT2D eigenvalue weighted by atomic mass is 9.44. The van der Waals surface area contributed by atoms with Crippen molar-refractivity contribution in [3.63, 3.8) is 0 Å². The first-order valence-electron chi connectivity index (χ1n) is 13.9. The Morgan fingerprint density at radius 1 is 0.839 bits per heavy atom. The normalized spacial score (nSPS) is 45.8. The van der Waals surface area contributed by atoms with Crippen LogP contribution in [0.2, 0.25) is 0 Å². The largest absolute Gasteiger partial charge is 0.359 e. The molecule has 0 aromatic heterocycles. The molecule has 31 heavy (non-hydrogen) atoms. The summed E-state index contributed by atoms with van der Waals surface area (Å²) in [5, 5.41) is 0. The predicted molar refractivity (Wildman–Crippen MR) is 130 cm³/mol. The van der Waals surface area contributed by atoms with Gasteiger partial charge in [-0.15, -0.1) is 0 Å². The third-order valence-electron chi connectivity index (χ3n) is 11.2. The van der Waals surface area contributed by atoms with Crippen LogP contribution in [0.5, 0.6) is 0 Å². The summed E-state index contributed by atoms with van der Waals surface area (Å²) >= 11 is 0. The Hall–Kier alpha value is -0.0800. The Morgan fingerprint density at radius 2 is 1.58 bits per heavy atom. The van der Waals surface area contributed by atoms with Crippen LogP contribution < -0.4 is 0 Å². The van der Waals surface area contributed by atoms with Crippen molar-refractivity contribution in [1.82, 2.24) is 0 Å². The molecule has 0 radical (unpaired) electrons. The van der Waals surface area contributed by atoms with Gasteiger partial charge in [0.25, 0.3) is 0 Å². The minimum absolute atomic E-state index is 0.436. The standard InChI is InChI=1S/C29H52O2/c1-20(2)8-7-9-21(3)25-12-13-26-24-11-10-22-18-23(31-19-30-6)14-16-28(22,4)27(24)15-17-29(25,26)5/h20-27H,7-19H2,1-6H3. The van der Waals surface area contributed by atoms with Gasteiger partial charge in [-0.1, -0.05) is 53.9 Å². The van der Waals surface area contributed by atoms with Gasteiger partial charge in [-0.05, 0) is 110 Å². The van der Waals surface area contributed by atoms with Crippen molar-refractivity contribution in [3.05, 3.63) is 0 Å². The molecule has 180 valence electrons. The molecular formula is C29H52O2. The molecule has 2 heteroatoms. The van der Waals surface area contributed by atoms with E-state index in [2.05, 4.69) is 34.6 Å². The molecule has 9 unspecified atom stereocenters. The average molecular weight is 433 g/mol. The summed E-state index contributed by atoms with van der Waals surface area (Å²) in [5.41, 5.74) is 1.19. The first kappa shape index (κ1) is 24.1. The van der Waals surface area contributed by atoms with E-state index in [1.807, 2.05) is 0 Å². The van der Waals surface area contributed by atoms with Crippen LogP contribution >= 0.6 is 0 Å². The average Bonchev–Trinajstić information content (AvgIpc) is 3.09. The molecule has 4 aliphatic rings. The van der Waals surface area contributed by atoms with E-state index in [1.54, 1.807) is 7.11 Å². The van der Waals surface area contributed by atoms with Gasteiger partial charge in [0.15, 0.2) is 0 Å². The lowest BCUT2D eigenvalue weighted by molar-refractivity contribution is -0.153. The fourth-order valence-corrected chi connectivity index (χ4v) is 9.56. The van der Waals surface area contributed by atoms with Crippen molar-refractivity contribution >= 4 is 0 Å². The minimum atomic E-state index is 0.436. The Labute approximate surface area is 193 Å². The van der Waals surface area contributed by atoms with Gasteiger partial charge >= 0.3 is 0 Å². The molecule has 0 aromatic rings. The Kier molecular flexibility index (Phi) is 7.49. The summed E-state index contributed by atoms with van der Waals surface area (Å²) in [7, 11) is 1.75. The number of rotatable bonds is 8. The van der Waals surface area contributed by atoms with Crippen molar-refractivity contribution in [2.45, 2.75) is 118 Å². The molecule has 0 N–H and O–H groups in total. The van der Waals surface area contributed by atoms with E-state index in [4.69, 9.17) is 9.47 Å². The molecule has 0 bridgehead atoms. The fraction of sp³-hybridized carbons (Fsp3) is 1.00. The third-order valence-corrected chi connectivity index (χ3v) is 11.2. The highest BCUT2D eigenvalue weighted by atomic mass is 16.7. The van der Waals surface area contributed by atoms with E-state index in [1.165, 1.54) is 77.0 Å². The van der Waals surface area contributed by atoms with Gasteiger partial charge in [0, 0.05) is 7.11 Å². The molecular weight excluding hydrogens is 380 g/mol. The molecule has 4 rings (SSSR count). The SMILES string of the molecule is COCOC1CCC2(C)C(CCC3C2CCC2(C)C(C(C)CCCC(C)C)CCC32)C1. The molecule has 4 saturated carbocycles. The monoisotopic (exact) mass is 432 g/mol. The molecule has 0 heterocycles. The van der Waals surface area contributed by atoms with Crippen molar-refractivity contribution in [3.8, 4) is 0 Å². The number of fused-ring (bicyclic) bond motifs is 5. The molecule has 4 fully saturated rings. The molecule has 2 nitrogen and oxygen atoms in total. The Balaban J connectivity index is 1.41. The van der Waals surface area contributed by atoms with Gasteiger partial charge in [0.1, 0.15) is 6.79 Å². The van der Waals surface area contributed by atoms with Gasteiger partial charge < -0.3 is 9.47 Å². The summed E-state index contributed by atoms with van der Waals surface area (Å²) in [6, 6.07) is 0. The summed E-state index contributed by atoms with van der Waals surface area (Å²) in [5.74, 6) is 6.62. The summed E-state index contributed by atoms with van der Waals surface area (Å²) < 4.78 is 11.2. The zero-order chi connectivity index (χ0) is 22.2. The van der Waals surface area contributed by atoms with Crippen LogP contribution in [0.3, 0.4) is 0 Å². The van der Waals surface area contributed by atoms with Gasteiger partial charge in [-0.2, -0.15) is 0 Å². The predicted octanol–water partition coefficient (Wildman–Crippen LogP) is 8.10. The van der Waals surface area contributed by atoms with Crippen LogP contribution in [-0.4, -0.2) is 20.0 Å². The van der Waals surface area contributed by atoms with Crippen LogP contribution in [0.25, 0.3) is 0 Å². The first-order chi connectivity index (χ1) is 14.8. The quantitative estimate of drug-likeness (QED) is 0.361. The fourth-order valence-electron chi connectivity index (χ4n) is 9.56. The molecule has 0 saturated heterocycles. The zero-order valence-electron chi connectivity index (χ0n) is 21.6. The van der Waals surface area contributed by atoms with Crippen molar-refractivity contribution in [2.24, 2.45) is 52.3 Å². The second-order valence-corrected chi connectivity index (χ2v) is 13.2. The topological polar surface area (TPSA) is 18.5 Å². The zero-order valence-corrected chi connectivity index (χ0v) is 21.6. The summed E-state index contributed by atoms with van der Waals surface area (Å²) in [6.07, 6.45) is 17.6. The van der Waals surface area contributed by atoms with Crippen LogP contribution in [0.4, 0.5) is 0 Å². The lowest BCUT2D eigenvalue weighted by Gasteiger charge is -2.61. The molecule has 4 aliphatic carbocycles. The maximum absolute atomic E-state index is 6.01. The maximum Gasteiger partial charge on any atom is 0.146 e. The van der Waals surface area contributed by atoms with Crippen LogP contribution in [0, 0.1) is 52.3 Å². The van der Waals surface area contributed by atoms with Crippen molar-refractivity contribution in [2.75, 3.05) is 13.9 Å². The van der Waals surface area contributed by atoms with Crippen molar-refractivity contribution < 1.29 is 9.47 Å². The van der Waals surface area contributed by atoms with E-state index < -0.39 is 0 Å². The maximum atomic E-state index is 6.01. The molecule has 0 spiro atoms. The van der Waals surface area contributed by atoms with Gasteiger partial charge in [0.05, 0.1) is 6.10 Å². The number of hydrogen-bond acceptors (Lipinski definition) is 2. The molecule has 0 aromatic carbocycles. The second-order valence-electron chi connectivity index (χ2n) is 13.2. The second kappa shape index (κ2) is 9.65. The number of ether oxygens (including phenoxy) is 2. The highest BCUT2D eigenvalue weighted by Gasteiger charge is 2.60. The minimum Gasteiger partial charge on any atom is -0.359 e. The van der Waals surface area contributed by atoms with E-state index in [0.717, 1.165) is 41.4 Å². The number of methoxy groups -OCH3 is 1. The smallest absolute Gasteiger partial charge is 0.146 e. The van der Waals surface area contributed by atoms with E-state index >= 15 is 0 Å². The van der Waals surface area contributed by atoms with E-state index in [9.17, 15) is 0 Å². The lowest BCUT2D eigenvalue weighted by Crippen LogP contribution is -2.54. The first-order valence-corrected chi connectivity index (χ1v) is 13.9. The van der Waals surface area contributed by atoms with Crippen LogP contribution in [0.15, 0.2) is 0 Å². The van der Waals surface area contributed by atoms with Crippen LogP contribution in [-0.2, 0) is 9.47 Å². The highest BCUT2D eigenvalue weighted by molar-refractivity contribution is 5.09. The van der Waals surface area contributed by atoms with E-state index in [0.29, 0.717) is 23.7 Å². The number of hydrogen-bond donors (Lipinski definition) is 0.